The molecule has 0 saturated heterocycles. The van der Waals surface area contributed by atoms with Crippen LogP contribution in [0.25, 0.3) is 0 Å². The Hall–Kier alpha value is -1.38. The van der Waals surface area contributed by atoms with Crippen LogP contribution in [-0.4, -0.2) is 14.1 Å². The van der Waals surface area contributed by atoms with Gasteiger partial charge >= 0.3 is 0 Å². The Morgan fingerprint density at radius 1 is 1.43 bits per heavy atom. The highest BCUT2D eigenvalue weighted by Gasteiger charge is 2.25. The van der Waals surface area contributed by atoms with Gasteiger partial charge in [-0.25, -0.2) is 0 Å². The molecule has 0 spiro atoms. The highest BCUT2D eigenvalue weighted by atomic mass is 16.3. The third-order valence-corrected chi connectivity index (χ3v) is 2.82. The van der Waals surface area contributed by atoms with E-state index in [2.05, 4.69) is 16.1 Å². The summed E-state index contributed by atoms with van der Waals surface area (Å²) in [6.07, 6.45) is 1.84. The quantitative estimate of drug-likeness (QED) is 0.671. The van der Waals surface area contributed by atoms with E-state index in [1.54, 1.807) is 0 Å². The Kier molecular flexibility index (Phi) is 2.23. The Bertz CT molecular complexity index is 360. The molecule has 1 atom stereocenters. The van der Waals surface area contributed by atoms with Crippen molar-refractivity contribution in [2.45, 2.75) is 18.9 Å². The minimum Gasteiger partial charge on any atom is -0.377 e. The van der Waals surface area contributed by atoms with Crippen molar-refractivity contribution in [3.63, 3.8) is 0 Å². The standard InChI is InChI=1S/C11H14N2O/c1-13(2)11-5-3-4-8-9(11)6-7-10(8)12-14/h3-5,10H,6-7H2,1-2H3. The van der Waals surface area contributed by atoms with Crippen LogP contribution in [0.5, 0.6) is 0 Å². The molecule has 74 valence electrons. The van der Waals surface area contributed by atoms with Crippen LogP contribution in [0.3, 0.4) is 0 Å². The fraction of sp³-hybridized carbons (Fsp3) is 0.455. The van der Waals surface area contributed by atoms with Crippen LogP contribution in [0.15, 0.2) is 23.4 Å². The molecular formula is C11H14N2O. The number of rotatable bonds is 2. The largest absolute Gasteiger partial charge is 0.377 e. The second kappa shape index (κ2) is 3.40. The van der Waals surface area contributed by atoms with Gasteiger partial charge < -0.3 is 4.90 Å². The molecule has 0 heterocycles. The maximum absolute atomic E-state index is 10.6. The lowest BCUT2D eigenvalue weighted by Crippen LogP contribution is -2.11. The molecule has 0 aromatic heterocycles. The van der Waals surface area contributed by atoms with Gasteiger partial charge in [-0.05, 0) is 30.0 Å². The molecule has 0 fully saturated rings. The highest BCUT2D eigenvalue weighted by Crippen LogP contribution is 2.38. The molecule has 1 aromatic rings. The molecule has 3 heteroatoms. The number of anilines is 1. The summed E-state index contributed by atoms with van der Waals surface area (Å²) in [5.41, 5.74) is 3.63. The van der Waals surface area contributed by atoms with Gasteiger partial charge in [0.15, 0.2) is 0 Å². The Morgan fingerprint density at radius 3 is 2.86 bits per heavy atom. The Labute approximate surface area is 83.7 Å². The van der Waals surface area contributed by atoms with Crippen LogP contribution in [0.4, 0.5) is 5.69 Å². The van der Waals surface area contributed by atoms with E-state index in [0.29, 0.717) is 0 Å². The fourth-order valence-electron chi connectivity index (χ4n) is 2.14. The summed E-state index contributed by atoms with van der Waals surface area (Å²) in [5, 5.41) is 3.16. The lowest BCUT2D eigenvalue weighted by atomic mass is 10.1. The molecule has 3 nitrogen and oxygen atoms in total. The molecule has 0 aliphatic heterocycles. The van der Waals surface area contributed by atoms with E-state index in [1.807, 2.05) is 26.2 Å². The first kappa shape index (κ1) is 9.19. The van der Waals surface area contributed by atoms with Crippen molar-refractivity contribution >= 4 is 5.69 Å². The predicted octanol–water partition coefficient (Wildman–Crippen LogP) is 2.51. The number of nitroso groups, excluding NO2 is 1. The lowest BCUT2D eigenvalue weighted by molar-refractivity contribution is 0.710. The highest BCUT2D eigenvalue weighted by molar-refractivity contribution is 5.58. The van der Waals surface area contributed by atoms with Crippen LogP contribution in [0, 0.1) is 4.91 Å². The summed E-state index contributed by atoms with van der Waals surface area (Å²) in [7, 11) is 4.05. The predicted molar refractivity (Wildman–Crippen MR) is 57.6 cm³/mol. The van der Waals surface area contributed by atoms with Crippen LogP contribution in [0.2, 0.25) is 0 Å². The SMILES string of the molecule is CN(C)c1cccc2c1CCC2N=O. The van der Waals surface area contributed by atoms with E-state index in [1.165, 1.54) is 11.3 Å². The van der Waals surface area contributed by atoms with Crippen LogP contribution in [-0.2, 0) is 6.42 Å². The van der Waals surface area contributed by atoms with E-state index >= 15 is 0 Å². The van der Waals surface area contributed by atoms with Gasteiger partial charge in [0, 0.05) is 19.8 Å². The third kappa shape index (κ3) is 1.29. The minimum absolute atomic E-state index is 0.120. The first-order chi connectivity index (χ1) is 6.74. The summed E-state index contributed by atoms with van der Waals surface area (Å²) >= 11 is 0. The zero-order valence-corrected chi connectivity index (χ0v) is 8.53. The molecule has 0 saturated carbocycles. The number of fused-ring (bicyclic) bond motifs is 1. The fourth-order valence-corrected chi connectivity index (χ4v) is 2.14. The third-order valence-electron chi connectivity index (χ3n) is 2.82. The molecule has 1 aliphatic rings. The van der Waals surface area contributed by atoms with Gasteiger partial charge in [0.25, 0.3) is 0 Å². The average molecular weight is 190 g/mol. The summed E-state index contributed by atoms with van der Waals surface area (Å²) in [5.74, 6) is 0. The van der Waals surface area contributed by atoms with Gasteiger partial charge in [-0.1, -0.05) is 17.3 Å². The van der Waals surface area contributed by atoms with Crippen molar-refractivity contribution < 1.29 is 0 Å². The molecule has 2 rings (SSSR count). The molecule has 0 amide bonds. The van der Waals surface area contributed by atoms with Gasteiger partial charge in [-0.3, -0.25) is 0 Å². The molecule has 1 unspecified atom stereocenters. The van der Waals surface area contributed by atoms with Crippen molar-refractivity contribution in [1.82, 2.24) is 0 Å². The average Bonchev–Trinajstić information content (AvgIpc) is 2.59. The Balaban J connectivity index is 2.49. The molecule has 1 aromatic carbocycles. The van der Waals surface area contributed by atoms with E-state index in [0.717, 1.165) is 18.4 Å². The minimum atomic E-state index is -0.120. The van der Waals surface area contributed by atoms with Gasteiger partial charge in [0.05, 0.1) is 0 Å². The second-order valence-corrected chi connectivity index (χ2v) is 3.90. The van der Waals surface area contributed by atoms with Gasteiger partial charge in [-0.2, -0.15) is 4.91 Å². The van der Waals surface area contributed by atoms with E-state index in [9.17, 15) is 4.91 Å². The van der Waals surface area contributed by atoms with E-state index in [4.69, 9.17) is 0 Å². The zero-order valence-electron chi connectivity index (χ0n) is 8.53. The van der Waals surface area contributed by atoms with Crippen LogP contribution >= 0.6 is 0 Å². The summed E-state index contributed by atoms with van der Waals surface area (Å²) < 4.78 is 0. The number of hydrogen-bond donors (Lipinski definition) is 0. The first-order valence-electron chi connectivity index (χ1n) is 4.85. The van der Waals surface area contributed by atoms with Crippen LogP contribution < -0.4 is 4.90 Å². The first-order valence-corrected chi connectivity index (χ1v) is 4.85. The van der Waals surface area contributed by atoms with E-state index in [-0.39, 0.29) is 6.04 Å². The molecule has 0 radical (unpaired) electrons. The van der Waals surface area contributed by atoms with Crippen molar-refractivity contribution in [1.29, 1.82) is 0 Å². The number of nitrogens with zero attached hydrogens (tertiary/aromatic N) is 2. The van der Waals surface area contributed by atoms with Crippen molar-refractivity contribution in [3.05, 3.63) is 34.2 Å². The second-order valence-electron chi connectivity index (χ2n) is 3.90. The van der Waals surface area contributed by atoms with Gasteiger partial charge in [-0.15, -0.1) is 0 Å². The molecular weight excluding hydrogens is 176 g/mol. The topological polar surface area (TPSA) is 32.7 Å². The smallest absolute Gasteiger partial charge is 0.118 e. The zero-order chi connectivity index (χ0) is 10.1. The summed E-state index contributed by atoms with van der Waals surface area (Å²) in [6, 6.07) is 5.98. The lowest BCUT2D eigenvalue weighted by Gasteiger charge is -2.16. The number of hydrogen-bond acceptors (Lipinski definition) is 3. The number of benzene rings is 1. The molecule has 1 aliphatic carbocycles. The maximum atomic E-state index is 10.6. The maximum Gasteiger partial charge on any atom is 0.118 e. The molecule has 0 bridgehead atoms. The van der Waals surface area contributed by atoms with Gasteiger partial charge in [0.1, 0.15) is 6.04 Å². The van der Waals surface area contributed by atoms with E-state index < -0.39 is 0 Å². The normalized spacial score (nSPS) is 19.1. The van der Waals surface area contributed by atoms with Crippen molar-refractivity contribution in [2.75, 3.05) is 19.0 Å². The monoisotopic (exact) mass is 190 g/mol. The van der Waals surface area contributed by atoms with Gasteiger partial charge in [0.2, 0.25) is 0 Å². The van der Waals surface area contributed by atoms with Crippen molar-refractivity contribution in [2.24, 2.45) is 5.18 Å². The van der Waals surface area contributed by atoms with Crippen LogP contribution in [0.1, 0.15) is 23.6 Å². The molecule has 0 N–H and O–H groups in total. The molecule has 14 heavy (non-hydrogen) atoms. The van der Waals surface area contributed by atoms with Crippen molar-refractivity contribution in [3.8, 4) is 0 Å². The Morgan fingerprint density at radius 2 is 2.21 bits per heavy atom. The summed E-state index contributed by atoms with van der Waals surface area (Å²) in [4.78, 5) is 12.7. The summed E-state index contributed by atoms with van der Waals surface area (Å²) in [6.45, 7) is 0.